The van der Waals surface area contributed by atoms with Crippen LogP contribution in [-0.4, -0.2) is 4.57 Å². The number of furan rings is 1. The molecule has 51 heavy (non-hydrogen) atoms. The Morgan fingerprint density at radius 3 is 1.88 bits per heavy atom. The minimum Gasteiger partial charge on any atom is -0.453 e. The average Bonchev–Trinajstić information content (AvgIpc) is 3.88. The van der Waals surface area contributed by atoms with Gasteiger partial charge in [0.25, 0.3) is 0 Å². The van der Waals surface area contributed by atoms with Gasteiger partial charge in [-0.15, -0.1) is 11.3 Å². The number of para-hydroxylation sites is 2. The maximum absolute atomic E-state index is 7.23. The number of thiophene rings is 1. The van der Waals surface area contributed by atoms with Crippen molar-refractivity contribution in [2.45, 2.75) is 0 Å². The zero-order chi connectivity index (χ0) is 33.5. The first-order chi connectivity index (χ1) is 25.3. The highest BCUT2D eigenvalue weighted by atomic mass is 32.1. The molecule has 238 valence electrons. The summed E-state index contributed by atoms with van der Waals surface area (Å²) in [4.78, 5) is 0. The molecular formula is C48H29NOS. The number of hydrogen-bond acceptors (Lipinski definition) is 2. The summed E-state index contributed by atoms with van der Waals surface area (Å²) in [5.74, 6) is 0. The van der Waals surface area contributed by atoms with Gasteiger partial charge in [-0.2, -0.15) is 0 Å². The summed E-state index contributed by atoms with van der Waals surface area (Å²) >= 11 is 1.86. The van der Waals surface area contributed by atoms with Crippen molar-refractivity contribution in [3.05, 3.63) is 176 Å². The van der Waals surface area contributed by atoms with E-state index in [1.165, 1.54) is 53.2 Å². The molecule has 2 nitrogen and oxygen atoms in total. The van der Waals surface area contributed by atoms with Crippen LogP contribution < -0.4 is 0 Å². The molecule has 11 rings (SSSR count). The van der Waals surface area contributed by atoms with Crippen LogP contribution in [0.15, 0.2) is 180 Å². The summed E-state index contributed by atoms with van der Waals surface area (Å²) in [6, 6.07) is 63.5. The van der Waals surface area contributed by atoms with E-state index in [0.29, 0.717) is 0 Å². The first kappa shape index (κ1) is 28.4. The number of benzene rings is 8. The molecule has 0 unspecified atom stereocenters. The molecule has 0 fully saturated rings. The highest BCUT2D eigenvalue weighted by molar-refractivity contribution is 7.25. The molecule has 0 amide bonds. The van der Waals surface area contributed by atoms with Gasteiger partial charge in [0.1, 0.15) is 5.58 Å². The lowest BCUT2D eigenvalue weighted by Gasteiger charge is -2.10. The molecule has 3 heteroatoms. The number of hydrogen-bond donors (Lipinski definition) is 0. The lowest BCUT2D eigenvalue weighted by Crippen LogP contribution is -1.94. The fourth-order valence-electron chi connectivity index (χ4n) is 8.17. The third-order valence-corrected chi connectivity index (χ3v) is 11.6. The van der Waals surface area contributed by atoms with Gasteiger partial charge >= 0.3 is 0 Å². The summed E-state index contributed by atoms with van der Waals surface area (Å²) in [6.45, 7) is 0. The molecule has 0 saturated carbocycles. The van der Waals surface area contributed by atoms with E-state index in [1.807, 2.05) is 11.3 Å². The topological polar surface area (TPSA) is 18.1 Å². The van der Waals surface area contributed by atoms with Crippen LogP contribution in [0.1, 0.15) is 0 Å². The lowest BCUT2D eigenvalue weighted by atomic mass is 9.92. The predicted molar refractivity (Wildman–Crippen MR) is 217 cm³/mol. The molecule has 0 atom stereocenters. The van der Waals surface area contributed by atoms with Crippen LogP contribution in [0.2, 0.25) is 0 Å². The lowest BCUT2D eigenvalue weighted by molar-refractivity contribution is 0.667. The van der Waals surface area contributed by atoms with Crippen molar-refractivity contribution in [2.75, 3.05) is 0 Å². The summed E-state index contributed by atoms with van der Waals surface area (Å²) in [7, 11) is 0. The molecule has 3 heterocycles. The molecule has 0 bridgehead atoms. The predicted octanol–water partition coefficient (Wildman–Crippen LogP) is 14.1. The molecule has 0 aliphatic carbocycles. The smallest absolute Gasteiger partial charge is 0.159 e. The molecule has 0 aliphatic rings. The Morgan fingerprint density at radius 1 is 0.373 bits per heavy atom. The monoisotopic (exact) mass is 667 g/mol. The zero-order valence-electron chi connectivity index (χ0n) is 27.5. The van der Waals surface area contributed by atoms with Crippen LogP contribution in [0.4, 0.5) is 0 Å². The number of fused-ring (bicyclic) bond motifs is 9. The van der Waals surface area contributed by atoms with Gasteiger partial charge in [-0.3, -0.25) is 0 Å². The Hall–Kier alpha value is -6.42. The van der Waals surface area contributed by atoms with E-state index < -0.39 is 0 Å². The van der Waals surface area contributed by atoms with E-state index in [2.05, 4.69) is 180 Å². The normalized spacial score (nSPS) is 11.9. The Balaban J connectivity index is 1.26. The average molecular weight is 668 g/mol. The fraction of sp³-hybridized carbons (Fsp3) is 0. The Labute approximate surface area is 298 Å². The molecule has 0 saturated heterocycles. The van der Waals surface area contributed by atoms with E-state index >= 15 is 0 Å². The molecule has 0 N–H and O–H groups in total. The highest BCUT2D eigenvalue weighted by Crippen LogP contribution is 2.48. The summed E-state index contributed by atoms with van der Waals surface area (Å²) < 4.78 is 12.2. The van der Waals surface area contributed by atoms with Crippen molar-refractivity contribution in [2.24, 2.45) is 0 Å². The van der Waals surface area contributed by atoms with Gasteiger partial charge in [0, 0.05) is 47.3 Å². The fourth-order valence-corrected chi connectivity index (χ4v) is 9.30. The van der Waals surface area contributed by atoms with Crippen LogP contribution in [0.25, 0.3) is 103 Å². The van der Waals surface area contributed by atoms with E-state index in [4.69, 9.17) is 4.42 Å². The van der Waals surface area contributed by atoms with Gasteiger partial charge in [0.2, 0.25) is 0 Å². The quantitative estimate of drug-likeness (QED) is 0.183. The Kier molecular flexibility index (Phi) is 6.16. The van der Waals surface area contributed by atoms with E-state index in [9.17, 15) is 0 Å². The van der Waals surface area contributed by atoms with Gasteiger partial charge in [-0.1, -0.05) is 140 Å². The first-order valence-electron chi connectivity index (χ1n) is 17.4. The van der Waals surface area contributed by atoms with E-state index in [0.717, 1.165) is 49.8 Å². The van der Waals surface area contributed by atoms with Crippen molar-refractivity contribution in [3.63, 3.8) is 0 Å². The van der Waals surface area contributed by atoms with Crippen molar-refractivity contribution < 1.29 is 4.42 Å². The standard InChI is InChI=1S/C48H29NOS/c1-3-13-30(14-4-1)32-25-26-35-34-17-7-9-21-40(34)49(42(35)29-32)41-22-11-20-39-46-37(28-27-33(48(46)50-47(39)41)31-15-5-2-6-16-31)36-19-12-24-44-45(36)38-18-8-10-23-43(38)51-44/h1-29H. The molecule has 3 aromatic heterocycles. The van der Waals surface area contributed by atoms with Crippen molar-refractivity contribution in [1.29, 1.82) is 0 Å². The van der Waals surface area contributed by atoms with Gasteiger partial charge in [0.05, 0.1) is 16.7 Å². The zero-order valence-corrected chi connectivity index (χ0v) is 28.3. The van der Waals surface area contributed by atoms with Crippen LogP contribution in [-0.2, 0) is 0 Å². The third kappa shape index (κ3) is 4.22. The maximum Gasteiger partial charge on any atom is 0.159 e. The van der Waals surface area contributed by atoms with Crippen LogP contribution in [0.3, 0.4) is 0 Å². The number of aromatic nitrogens is 1. The summed E-state index contributed by atoms with van der Waals surface area (Å²) in [5, 5.41) is 7.29. The molecular weight excluding hydrogens is 639 g/mol. The van der Waals surface area contributed by atoms with Crippen LogP contribution in [0.5, 0.6) is 0 Å². The Morgan fingerprint density at radius 2 is 1.02 bits per heavy atom. The minimum atomic E-state index is 0.882. The van der Waals surface area contributed by atoms with Crippen molar-refractivity contribution in [3.8, 4) is 39.1 Å². The number of nitrogens with zero attached hydrogens (tertiary/aromatic N) is 1. The van der Waals surface area contributed by atoms with Gasteiger partial charge in [-0.05, 0) is 64.2 Å². The summed E-state index contributed by atoms with van der Waals surface area (Å²) in [6.07, 6.45) is 0. The van der Waals surface area contributed by atoms with Crippen molar-refractivity contribution in [1.82, 2.24) is 4.57 Å². The second-order valence-corrected chi connectivity index (χ2v) is 14.3. The second kappa shape index (κ2) is 11.0. The SMILES string of the molecule is c1ccc(-c2ccc3c4ccccc4n(-c4cccc5c4oc4c(-c6ccccc6)ccc(-c6cccc7sc8ccccc8c67)c45)c3c2)cc1. The van der Waals surface area contributed by atoms with E-state index in [-0.39, 0.29) is 0 Å². The molecule has 0 radical (unpaired) electrons. The third-order valence-electron chi connectivity index (χ3n) is 10.4. The van der Waals surface area contributed by atoms with Gasteiger partial charge < -0.3 is 8.98 Å². The van der Waals surface area contributed by atoms with Gasteiger partial charge in [-0.25, -0.2) is 0 Å². The summed E-state index contributed by atoms with van der Waals surface area (Å²) in [5.41, 5.74) is 12.2. The highest BCUT2D eigenvalue weighted by Gasteiger charge is 2.23. The molecule has 0 spiro atoms. The molecule has 11 aromatic rings. The minimum absolute atomic E-state index is 0.882. The van der Waals surface area contributed by atoms with E-state index in [1.54, 1.807) is 0 Å². The maximum atomic E-state index is 7.23. The number of rotatable bonds is 4. The van der Waals surface area contributed by atoms with Crippen molar-refractivity contribution >= 4 is 75.3 Å². The second-order valence-electron chi connectivity index (χ2n) is 13.2. The molecule has 8 aromatic carbocycles. The largest absolute Gasteiger partial charge is 0.453 e. The molecule has 0 aliphatic heterocycles. The van der Waals surface area contributed by atoms with Crippen LogP contribution >= 0.6 is 11.3 Å². The first-order valence-corrected chi connectivity index (χ1v) is 18.2. The Bertz CT molecular complexity index is 3130. The van der Waals surface area contributed by atoms with Crippen LogP contribution in [0, 0.1) is 0 Å². The van der Waals surface area contributed by atoms with Gasteiger partial charge in [0.15, 0.2) is 5.58 Å².